The minimum atomic E-state index is 0.506. The Morgan fingerprint density at radius 3 is 2.70 bits per heavy atom. The zero-order chi connectivity index (χ0) is 14.2. The van der Waals surface area contributed by atoms with Crippen LogP contribution in [0, 0.1) is 11.3 Å². The lowest BCUT2D eigenvalue weighted by atomic mass is 10.1. The summed E-state index contributed by atoms with van der Waals surface area (Å²) in [6.45, 7) is 4.15. The van der Waals surface area contributed by atoms with E-state index in [1.807, 2.05) is 12.1 Å². The van der Waals surface area contributed by atoms with E-state index in [-0.39, 0.29) is 0 Å². The van der Waals surface area contributed by atoms with Crippen molar-refractivity contribution in [2.24, 2.45) is 0 Å². The van der Waals surface area contributed by atoms with E-state index in [4.69, 9.17) is 9.68 Å². The standard InChI is InChI=1S/C15H18N4O/c1-2-9-17-10-3-4-14-18-19-15(20-14)13-7-5-12(11-16)6-8-13/h5-8,17H,2-4,9-10H2,1H3. The fraction of sp³-hybridized carbons (Fsp3) is 0.400. The van der Waals surface area contributed by atoms with Crippen LogP contribution in [0.4, 0.5) is 0 Å². The number of rotatable bonds is 7. The lowest BCUT2D eigenvalue weighted by molar-refractivity contribution is 0.491. The van der Waals surface area contributed by atoms with Crippen LogP contribution in [-0.2, 0) is 6.42 Å². The van der Waals surface area contributed by atoms with Crippen molar-refractivity contribution in [3.05, 3.63) is 35.7 Å². The largest absolute Gasteiger partial charge is 0.421 e. The molecule has 0 aliphatic heterocycles. The van der Waals surface area contributed by atoms with Gasteiger partial charge in [-0.25, -0.2) is 0 Å². The Bertz CT molecular complexity index is 568. The summed E-state index contributed by atoms with van der Waals surface area (Å²) in [7, 11) is 0. The Balaban J connectivity index is 1.89. The van der Waals surface area contributed by atoms with E-state index >= 15 is 0 Å². The molecule has 0 saturated carbocycles. The Kier molecular flexibility index (Phi) is 5.27. The van der Waals surface area contributed by atoms with Crippen molar-refractivity contribution in [1.29, 1.82) is 5.26 Å². The van der Waals surface area contributed by atoms with E-state index in [1.165, 1.54) is 0 Å². The third-order valence-corrected chi connectivity index (χ3v) is 2.90. The van der Waals surface area contributed by atoms with E-state index in [9.17, 15) is 0 Å². The van der Waals surface area contributed by atoms with Crippen molar-refractivity contribution in [2.75, 3.05) is 13.1 Å². The van der Waals surface area contributed by atoms with E-state index in [0.29, 0.717) is 17.3 Å². The molecule has 0 saturated heterocycles. The maximum Gasteiger partial charge on any atom is 0.247 e. The van der Waals surface area contributed by atoms with Crippen LogP contribution < -0.4 is 5.32 Å². The molecule has 0 fully saturated rings. The fourth-order valence-corrected chi connectivity index (χ4v) is 1.83. The molecule has 0 amide bonds. The second-order valence-electron chi connectivity index (χ2n) is 4.54. The molecule has 2 aromatic rings. The van der Waals surface area contributed by atoms with Crippen molar-refractivity contribution in [3.63, 3.8) is 0 Å². The van der Waals surface area contributed by atoms with Crippen molar-refractivity contribution in [2.45, 2.75) is 26.2 Å². The second kappa shape index (κ2) is 7.41. The molecule has 0 radical (unpaired) electrons. The van der Waals surface area contributed by atoms with Crippen molar-refractivity contribution >= 4 is 0 Å². The van der Waals surface area contributed by atoms with Gasteiger partial charge >= 0.3 is 0 Å². The number of aromatic nitrogens is 2. The fourth-order valence-electron chi connectivity index (χ4n) is 1.83. The molecule has 0 atom stereocenters. The van der Waals surface area contributed by atoms with E-state index < -0.39 is 0 Å². The van der Waals surface area contributed by atoms with Crippen LogP contribution in [0.5, 0.6) is 0 Å². The van der Waals surface area contributed by atoms with Gasteiger partial charge in [0.1, 0.15) is 0 Å². The predicted molar refractivity (Wildman–Crippen MR) is 75.9 cm³/mol. The number of nitrogens with one attached hydrogen (secondary N) is 1. The molecule has 2 rings (SSSR count). The molecule has 1 heterocycles. The molecule has 5 nitrogen and oxygen atoms in total. The van der Waals surface area contributed by atoms with Gasteiger partial charge in [-0.3, -0.25) is 0 Å². The van der Waals surface area contributed by atoms with Gasteiger partial charge in [0.15, 0.2) is 0 Å². The predicted octanol–water partition coefficient (Wildman–Crippen LogP) is 2.54. The average molecular weight is 270 g/mol. The Labute approximate surface area is 118 Å². The Hall–Kier alpha value is -2.19. The van der Waals surface area contributed by atoms with Crippen molar-refractivity contribution in [3.8, 4) is 17.5 Å². The highest BCUT2D eigenvalue weighted by Gasteiger charge is 2.08. The lowest BCUT2D eigenvalue weighted by Crippen LogP contribution is -2.16. The first-order valence-electron chi connectivity index (χ1n) is 6.87. The summed E-state index contributed by atoms with van der Waals surface area (Å²) in [5, 5.41) is 20.2. The maximum absolute atomic E-state index is 8.75. The lowest BCUT2D eigenvalue weighted by Gasteiger charge is -1.99. The number of nitrogens with zero attached hydrogens (tertiary/aromatic N) is 3. The van der Waals surface area contributed by atoms with Gasteiger partial charge in [0.05, 0.1) is 11.6 Å². The van der Waals surface area contributed by atoms with Crippen LogP contribution in [0.2, 0.25) is 0 Å². The van der Waals surface area contributed by atoms with Gasteiger partial charge < -0.3 is 9.73 Å². The van der Waals surface area contributed by atoms with Crippen LogP contribution in [-0.4, -0.2) is 23.3 Å². The molecule has 5 heteroatoms. The number of benzene rings is 1. The van der Waals surface area contributed by atoms with Crippen LogP contribution in [0.25, 0.3) is 11.5 Å². The molecule has 1 aromatic carbocycles. The molecule has 0 unspecified atom stereocenters. The van der Waals surface area contributed by atoms with Gasteiger partial charge in [0.2, 0.25) is 11.8 Å². The van der Waals surface area contributed by atoms with Gasteiger partial charge in [-0.1, -0.05) is 6.92 Å². The van der Waals surface area contributed by atoms with Crippen LogP contribution in [0.3, 0.4) is 0 Å². The zero-order valence-corrected chi connectivity index (χ0v) is 11.6. The van der Waals surface area contributed by atoms with E-state index in [2.05, 4.69) is 28.5 Å². The van der Waals surface area contributed by atoms with Crippen molar-refractivity contribution in [1.82, 2.24) is 15.5 Å². The zero-order valence-electron chi connectivity index (χ0n) is 11.6. The van der Waals surface area contributed by atoms with E-state index in [0.717, 1.165) is 37.9 Å². The van der Waals surface area contributed by atoms with Crippen LogP contribution in [0.15, 0.2) is 28.7 Å². The molecular formula is C15H18N4O. The third kappa shape index (κ3) is 3.90. The number of nitriles is 1. The molecule has 104 valence electrons. The molecule has 0 bridgehead atoms. The van der Waals surface area contributed by atoms with Gasteiger partial charge in [-0.05, 0) is 50.2 Å². The summed E-state index contributed by atoms with van der Waals surface area (Å²) in [5.74, 6) is 1.16. The molecule has 1 aromatic heterocycles. The molecule has 0 aliphatic carbocycles. The second-order valence-corrected chi connectivity index (χ2v) is 4.54. The SMILES string of the molecule is CCCNCCCc1nnc(-c2ccc(C#N)cc2)o1. The number of hydrogen-bond acceptors (Lipinski definition) is 5. The first-order valence-corrected chi connectivity index (χ1v) is 6.87. The quantitative estimate of drug-likeness (QED) is 0.782. The molecule has 0 spiro atoms. The average Bonchev–Trinajstić information content (AvgIpc) is 2.96. The van der Waals surface area contributed by atoms with Crippen molar-refractivity contribution < 1.29 is 4.42 Å². The highest BCUT2D eigenvalue weighted by atomic mass is 16.4. The van der Waals surface area contributed by atoms with Crippen LogP contribution in [0.1, 0.15) is 31.2 Å². The number of aryl methyl sites for hydroxylation is 1. The molecule has 0 aliphatic rings. The topological polar surface area (TPSA) is 74.7 Å². The highest BCUT2D eigenvalue weighted by molar-refractivity contribution is 5.54. The summed E-state index contributed by atoms with van der Waals surface area (Å²) >= 11 is 0. The first-order chi connectivity index (χ1) is 9.83. The number of hydrogen-bond donors (Lipinski definition) is 1. The summed E-state index contributed by atoms with van der Waals surface area (Å²) in [6, 6.07) is 9.21. The summed E-state index contributed by atoms with van der Waals surface area (Å²) < 4.78 is 5.62. The highest BCUT2D eigenvalue weighted by Crippen LogP contribution is 2.18. The minimum Gasteiger partial charge on any atom is -0.421 e. The smallest absolute Gasteiger partial charge is 0.247 e. The van der Waals surface area contributed by atoms with Crippen LogP contribution >= 0.6 is 0 Å². The first kappa shape index (κ1) is 14.2. The third-order valence-electron chi connectivity index (χ3n) is 2.90. The molecule has 20 heavy (non-hydrogen) atoms. The summed E-state index contributed by atoms with van der Waals surface area (Å²) in [5.41, 5.74) is 1.46. The Morgan fingerprint density at radius 1 is 1.20 bits per heavy atom. The molecular weight excluding hydrogens is 252 g/mol. The van der Waals surface area contributed by atoms with E-state index in [1.54, 1.807) is 12.1 Å². The summed E-state index contributed by atoms with van der Waals surface area (Å²) in [6.07, 6.45) is 2.90. The van der Waals surface area contributed by atoms with Gasteiger partial charge in [-0.2, -0.15) is 5.26 Å². The normalized spacial score (nSPS) is 10.4. The minimum absolute atomic E-state index is 0.506. The summed E-state index contributed by atoms with van der Waals surface area (Å²) in [4.78, 5) is 0. The van der Waals surface area contributed by atoms with Gasteiger partial charge in [-0.15, -0.1) is 10.2 Å². The monoisotopic (exact) mass is 270 g/mol. The maximum atomic E-state index is 8.75. The molecule has 1 N–H and O–H groups in total. The Morgan fingerprint density at radius 2 is 2.00 bits per heavy atom. The van der Waals surface area contributed by atoms with Gasteiger partial charge in [0, 0.05) is 12.0 Å². The van der Waals surface area contributed by atoms with Gasteiger partial charge in [0.25, 0.3) is 0 Å².